The number of piperazine rings is 1. The summed E-state index contributed by atoms with van der Waals surface area (Å²) in [5, 5.41) is 2.45. The van der Waals surface area contributed by atoms with Crippen LogP contribution in [-0.4, -0.2) is 61.7 Å². The molecule has 3 heteroatoms. The second-order valence-corrected chi connectivity index (χ2v) is 6.08. The Morgan fingerprint density at radius 3 is 2.12 bits per heavy atom. The van der Waals surface area contributed by atoms with Crippen molar-refractivity contribution < 1.29 is 5.32 Å². The van der Waals surface area contributed by atoms with Gasteiger partial charge in [-0.2, -0.15) is 0 Å². The molecule has 0 aromatic heterocycles. The summed E-state index contributed by atoms with van der Waals surface area (Å²) >= 11 is 0. The number of quaternary nitrogens is 1. The number of nitrogens with zero attached hydrogens (tertiary/aromatic N) is 2. The molecule has 0 saturated carbocycles. The largest absolute Gasteiger partial charge is 0.344 e. The second kappa shape index (κ2) is 5.03. The van der Waals surface area contributed by atoms with Gasteiger partial charge in [0.1, 0.15) is 0 Å². The lowest BCUT2D eigenvalue weighted by Crippen LogP contribution is -2.90. The van der Waals surface area contributed by atoms with Gasteiger partial charge in [0.2, 0.25) is 0 Å². The molecule has 2 rings (SSSR count). The Balaban J connectivity index is 1.94. The van der Waals surface area contributed by atoms with Crippen molar-refractivity contribution in [2.75, 3.05) is 46.3 Å². The van der Waals surface area contributed by atoms with Gasteiger partial charge in [-0.25, -0.2) is 0 Å². The fourth-order valence-electron chi connectivity index (χ4n) is 3.30. The van der Waals surface area contributed by atoms with Gasteiger partial charge in [-0.15, -0.1) is 0 Å². The quantitative estimate of drug-likeness (QED) is 0.715. The first-order valence-electron chi connectivity index (χ1n) is 6.86. The highest BCUT2D eigenvalue weighted by atomic mass is 15.2. The van der Waals surface area contributed by atoms with Gasteiger partial charge in [0, 0.05) is 18.6 Å². The van der Waals surface area contributed by atoms with Gasteiger partial charge < -0.3 is 10.2 Å². The molecule has 0 aromatic rings. The van der Waals surface area contributed by atoms with Gasteiger partial charge in [0.05, 0.1) is 13.1 Å². The minimum Gasteiger partial charge on any atom is -0.344 e. The van der Waals surface area contributed by atoms with Crippen molar-refractivity contribution in [3.8, 4) is 0 Å². The molecule has 2 saturated heterocycles. The molecule has 2 aliphatic rings. The lowest BCUT2D eigenvalue weighted by molar-refractivity contribution is -0.664. The average Bonchev–Trinajstić information content (AvgIpc) is 2.31. The topological polar surface area (TPSA) is 23.1 Å². The van der Waals surface area contributed by atoms with E-state index in [4.69, 9.17) is 0 Å². The number of nitrogens with two attached hydrogens (primary N) is 1. The smallest absolute Gasteiger partial charge is 0.0885 e. The number of rotatable bonds is 2. The predicted molar refractivity (Wildman–Crippen MR) is 67.5 cm³/mol. The van der Waals surface area contributed by atoms with E-state index >= 15 is 0 Å². The Morgan fingerprint density at radius 2 is 1.56 bits per heavy atom. The highest BCUT2D eigenvalue weighted by Gasteiger charge is 2.37. The summed E-state index contributed by atoms with van der Waals surface area (Å²) in [6, 6.07) is 0. The summed E-state index contributed by atoms with van der Waals surface area (Å²) in [6.07, 6.45) is 2.76. The van der Waals surface area contributed by atoms with E-state index in [2.05, 4.69) is 36.0 Å². The SMILES string of the molecule is CN1CCC(C(C)(C)N2CC[NH2+]CC2)CC1. The number of piperidine rings is 1. The Bertz CT molecular complexity index is 213. The molecule has 16 heavy (non-hydrogen) atoms. The van der Waals surface area contributed by atoms with Gasteiger partial charge in [-0.3, -0.25) is 4.90 Å². The first-order valence-corrected chi connectivity index (χ1v) is 6.86. The first-order chi connectivity index (χ1) is 7.60. The van der Waals surface area contributed by atoms with E-state index in [1.54, 1.807) is 0 Å². The minimum atomic E-state index is 0.412. The Labute approximate surface area is 100 Å². The molecule has 94 valence electrons. The van der Waals surface area contributed by atoms with E-state index in [1.807, 2.05) is 0 Å². The van der Waals surface area contributed by atoms with Crippen molar-refractivity contribution in [1.29, 1.82) is 0 Å². The van der Waals surface area contributed by atoms with E-state index in [0.29, 0.717) is 5.54 Å². The minimum absolute atomic E-state index is 0.412. The lowest BCUT2D eigenvalue weighted by Gasteiger charge is -2.47. The molecule has 0 bridgehead atoms. The van der Waals surface area contributed by atoms with Crippen LogP contribution in [0.15, 0.2) is 0 Å². The zero-order chi connectivity index (χ0) is 11.6. The molecule has 0 amide bonds. The standard InChI is InChI=1S/C13H27N3/c1-13(2,16-10-6-14-7-11-16)12-4-8-15(3)9-5-12/h12,14H,4-11H2,1-3H3/p+1. The third-order valence-electron chi connectivity index (χ3n) is 4.74. The molecule has 2 fully saturated rings. The molecule has 0 unspecified atom stereocenters. The normalized spacial score (nSPS) is 27.2. The van der Waals surface area contributed by atoms with Crippen LogP contribution in [0.5, 0.6) is 0 Å². The van der Waals surface area contributed by atoms with Crippen LogP contribution in [0.1, 0.15) is 26.7 Å². The molecule has 2 N–H and O–H groups in total. The van der Waals surface area contributed by atoms with E-state index in [-0.39, 0.29) is 0 Å². The van der Waals surface area contributed by atoms with E-state index in [1.165, 1.54) is 52.1 Å². The summed E-state index contributed by atoms with van der Waals surface area (Å²) in [6.45, 7) is 12.6. The molecule has 0 aromatic carbocycles. The fraction of sp³-hybridized carbons (Fsp3) is 1.00. The lowest BCUT2D eigenvalue weighted by atomic mass is 9.79. The highest BCUT2D eigenvalue weighted by molar-refractivity contribution is 4.91. The van der Waals surface area contributed by atoms with Crippen LogP contribution >= 0.6 is 0 Å². The zero-order valence-corrected chi connectivity index (χ0v) is 11.2. The van der Waals surface area contributed by atoms with E-state index in [9.17, 15) is 0 Å². The number of likely N-dealkylation sites (tertiary alicyclic amines) is 1. The number of hydrogen-bond donors (Lipinski definition) is 1. The van der Waals surface area contributed by atoms with Crippen molar-refractivity contribution in [1.82, 2.24) is 9.80 Å². The molecule has 3 nitrogen and oxygen atoms in total. The van der Waals surface area contributed by atoms with Crippen LogP contribution in [0.3, 0.4) is 0 Å². The van der Waals surface area contributed by atoms with Crippen molar-refractivity contribution in [3.63, 3.8) is 0 Å². The van der Waals surface area contributed by atoms with Crippen LogP contribution in [0.25, 0.3) is 0 Å². The third kappa shape index (κ3) is 2.58. The molecular weight excluding hydrogens is 198 g/mol. The highest BCUT2D eigenvalue weighted by Crippen LogP contribution is 2.32. The van der Waals surface area contributed by atoms with Crippen LogP contribution < -0.4 is 5.32 Å². The Kier molecular flexibility index (Phi) is 3.88. The summed E-state index contributed by atoms with van der Waals surface area (Å²) in [7, 11) is 2.25. The van der Waals surface area contributed by atoms with Crippen LogP contribution in [0.2, 0.25) is 0 Å². The summed E-state index contributed by atoms with van der Waals surface area (Å²) in [5.74, 6) is 0.891. The van der Waals surface area contributed by atoms with Gasteiger partial charge in [-0.05, 0) is 52.7 Å². The van der Waals surface area contributed by atoms with Crippen molar-refractivity contribution in [3.05, 3.63) is 0 Å². The number of hydrogen-bond acceptors (Lipinski definition) is 2. The van der Waals surface area contributed by atoms with Crippen LogP contribution in [0, 0.1) is 5.92 Å². The van der Waals surface area contributed by atoms with Gasteiger partial charge >= 0.3 is 0 Å². The van der Waals surface area contributed by atoms with Gasteiger partial charge in [-0.1, -0.05) is 0 Å². The average molecular weight is 226 g/mol. The molecule has 2 heterocycles. The van der Waals surface area contributed by atoms with Crippen molar-refractivity contribution in [2.45, 2.75) is 32.2 Å². The van der Waals surface area contributed by atoms with Crippen LogP contribution in [-0.2, 0) is 0 Å². The maximum absolute atomic E-state index is 2.73. The molecule has 0 atom stereocenters. The molecule has 2 aliphatic heterocycles. The van der Waals surface area contributed by atoms with E-state index < -0.39 is 0 Å². The fourth-order valence-corrected chi connectivity index (χ4v) is 3.30. The molecule has 0 radical (unpaired) electrons. The second-order valence-electron chi connectivity index (χ2n) is 6.08. The first kappa shape index (κ1) is 12.3. The summed E-state index contributed by atoms with van der Waals surface area (Å²) < 4.78 is 0. The van der Waals surface area contributed by atoms with E-state index in [0.717, 1.165) is 5.92 Å². The van der Waals surface area contributed by atoms with Gasteiger partial charge in [0.25, 0.3) is 0 Å². The Hall–Kier alpha value is -0.120. The van der Waals surface area contributed by atoms with Crippen LogP contribution in [0.4, 0.5) is 0 Å². The third-order valence-corrected chi connectivity index (χ3v) is 4.74. The van der Waals surface area contributed by atoms with Crippen molar-refractivity contribution >= 4 is 0 Å². The summed E-state index contributed by atoms with van der Waals surface area (Å²) in [4.78, 5) is 5.19. The maximum Gasteiger partial charge on any atom is 0.0885 e. The van der Waals surface area contributed by atoms with Crippen molar-refractivity contribution in [2.24, 2.45) is 5.92 Å². The maximum atomic E-state index is 2.73. The zero-order valence-electron chi connectivity index (χ0n) is 11.2. The van der Waals surface area contributed by atoms with Gasteiger partial charge in [0.15, 0.2) is 0 Å². The molecule has 0 aliphatic carbocycles. The molecular formula is C13H28N3+. The summed E-state index contributed by atoms with van der Waals surface area (Å²) in [5.41, 5.74) is 0.412. The Morgan fingerprint density at radius 1 is 1.00 bits per heavy atom. The predicted octanol–water partition coefficient (Wildman–Crippen LogP) is -0.0142. The monoisotopic (exact) mass is 226 g/mol. The molecule has 0 spiro atoms.